The molecule has 2 heteroatoms. The van der Waals surface area contributed by atoms with Crippen molar-refractivity contribution in [2.24, 2.45) is 5.41 Å². The van der Waals surface area contributed by atoms with E-state index in [2.05, 4.69) is 0 Å². The molecule has 1 atom stereocenters. The van der Waals surface area contributed by atoms with Gasteiger partial charge in [0.15, 0.2) is 0 Å². The summed E-state index contributed by atoms with van der Waals surface area (Å²) in [5.74, 6) is -0.0926. The molecule has 1 radical (unpaired) electrons. The van der Waals surface area contributed by atoms with Gasteiger partial charge in [0.2, 0.25) is 0 Å². The van der Waals surface area contributed by atoms with Crippen molar-refractivity contribution in [2.45, 2.75) is 39.7 Å². The Balaban J connectivity index is 2.45. The Morgan fingerprint density at radius 2 is 2.00 bits per heavy atom. The minimum absolute atomic E-state index is 0.0926. The first-order valence-electron chi connectivity index (χ1n) is 3.91. The zero-order chi connectivity index (χ0) is 8.70. The van der Waals surface area contributed by atoms with Crippen molar-refractivity contribution in [1.29, 1.82) is 0 Å². The van der Waals surface area contributed by atoms with Gasteiger partial charge in [0.1, 0.15) is 5.60 Å². The van der Waals surface area contributed by atoms with Gasteiger partial charge in [-0.3, -0.25) is 4.79 Å². The van der Waals surface area contributed by atoms with E-state index in [9.17, 15) is 4.79 Å². The van der Waals surface area contributed by atoms with Gasteiger partial charge in [-0.25, -0.2) is 0 Å². The SMILES string of the molecule is CC(C)(C)OC(=O)C1(C)[CH]C1. The average molecular weight is 155 g/mol. The molecule has 11 heavy (non-hydrogen) atoms. The molecule has 63 valence electrons. The molecular formula is C9H15O2. The first-order valence-corrected chi connectivity index (χ1v) is 3.91. The molecule has 0 spiro atoms. The summed E-state index contributed by atoms with van der Waals surface area (Å²) >= 11 is 0. The predicted octanol–water partition coefficient (Wildman–Crippen LogP) is 1.94. The van der Waals surface area contributed by atoms with Crippen molar-refractivity contribution in [1.82, 2.24) is 0 Å². The number of carbonyl (C=O) groups is 1. The Kier molecular flexibility index (Phi) is 1.73. The molecule has 0 aromatic carbocycles. The second kappa shape index (κ2) is 2.23. The maximum absolute atomic E-state index is 11.3. The summed E-state index contributed by atoms with van der Waals surface area (Å²) in [4.78, 5) is 11.3. The molecule has 0 aliphatic heterocycles. The van der Waals surface area contributed by atoms with Gasteiger partial charge in [-0.05, 0) is 40.5 Å². The van der Waals surface area contributed by atoms with E-state index in [1.54, 1.807) is 0 Å². The Hall–Kier alpha value is -0.530. The van der Waals surface area contributed by atoms with E-state index in [0.29, 0.717) is 0 Å². The molecule has 1 saturated carbocycles. The van der Waals surface area contributed by atoms with Crippen LogP contribution in [0, 0.1) is 11.8 Å². The molecule has 0 saturated heterocycles. The lowest BCUT2D eigenvalue weighted by Gasteiger charge is -2.21. The molecule has 0 aromatic rings. The molecule has 1 aliphatic carbocycles. The van der Waals surface area contributed by atoms with Crippen LogP contribution in [0.3, 0.4) is 0 Å². The van der Waals surface area contributed by atoms with Crippen LogP contribution in [0.5, 0.6) is 0 Å². The molecule has 0 bridgehead atoms. The number of hydrogen-bond acceptors (Lipinski definition) is 2. The van der Waals surface area contributed by atoms with Crippen LogP contribution in [-0.2, 0) is 9.53 Å². The maximum Gasteiger partial charge on any atom is 0.312 e. The van der Waals surface area contributed by atoms with Crippen molar-refractivity contribution in [3.8, 4) is 0 Å². The molecule has 1 rings (SSSR count). The minimum atomic E-state index is -0.351. The summed E-state index contributed by atoms with van der Waals surface area (Å²) in [5, 5.41) is 0. The lowest BCUT2D eigenvalue weighted by atomic mass is 10.1. The predicted molar refractivity (Wildman–Crippen MR) is 42.9 cm³/mol. The van der Waals surface area contributed by atoms with E-state index in [4.69, 9.17) is 4.74 Å². The van der Waals surface area contributed by atoms with E-state index in [-0.39, 0.29) is 17.0 Å². The Morgan fingerprint density at radius 1 is 1.55 bits per heavy atom. The lowest BCUT2D eigenvalue weighted by Crippen LogP contribution is -2.28. The normalized spacial score (nSPS) is 21.1. The molecule has 0 amide bonds. The fourth-order valence-corrected chi connectivity index (χ4v) is 0.714. The van der Waals surface area contributed by atoms with E-state index in [0.717, 1.165) is 6.42 Å². The van der Waals surface area contributed by atoms with E-state index >= 15 is 0 Å². The maximum atomic E-state index is 11.3. The van der Waals surface area contributed by atoms with Crippen molar-refractivity contribution < 1.29 is 9.53 Å². The summed E-state index contributed by atoms with van der Waals surface area (Å²) < 4.78 is 5.19. The zero-order valence-electron chi connectivity index (χ0n) is 7.60. The Labute approximate surface area is 67.9 Å². The van der Waals surface area contributed by atoms with Crippen LogP contribution >= 0.6 is 0 Å². The average Bonchev–Trinajstić information content (AvgIpc) is 2.44. The van der Waals surface area contributed by atoms with E-state index in [1.165, 1.54) is 0 Å². The molecule has 1 aliphatic rings. The molecule has 2 nitrogen and oxygen atoms in total. The van der Waals surface area contributed by atoms with Gasteiger partial charge in [0, 0.05) is 0 Å². The molecule has 0 N–H and O–H groups in total. The van der Waals surface area contributed by atoms with Gasteiger partial charge < -0.3 is 4.74 Å². The smallest absolute Gasteiger partial charge is 0.312 e. The van der Waals surface area contributed by atoms with Crippen LogP contribution in [0.2, 0.25) is 0 Å². The van der Waals surface area contributed by atoms with E-state index in [1.807, 2.05) is 34.1 Å². The number of ether oxygens (including phenoxy) is 1. The Bertz CT molecular complexity index is 172. The van der Waals surface area contributed by atoms with Gasteiger partial charge in [0.05, 0.1) is 5.41 Å². The highest BCUT2D eigenvalue weighted by Gasteiger charge is 2.47. The number of rotatable bonds is 1. The van der Waals surface area contributed by atoms with E-state index < -0.39 is 0 Å². The van der Waals surface area contributed by atoms with Gasteiger partial charge in [-0.1, -0.05) is 0 Å². The van der Waals surface area contributed by atoms with Crippen LogP contribution in [0.15, 0.2) is 0 Å². The Morgan fingerprint density at radius 3 is 2.27 bits per heavy atom. The van der Waals surface area contributed by atoms with Crippen LogP contribution in [0.4, 0.5) is 0 Å². The third kappa shape index (κ3) is 2.21. The summed E-state index contributed by atoms with van der Waals surface area (Å²) in [6.45, 7) is 7.56. The lowest BCUT2D eigenvalue weighted by molar-refractivity contribution is -0.160. The molecule has 1 unspecified atom stereocenters. The summed E-state index contributed by atoms with van der Waals surface area (Å²) in [6.07, 6.45) is 2.84. The fraction of sp³-hybridized carbons (Fsp3) is 0.778. The third-order valence-corrected chi connectivity index (χ3v) is 1.68. The quantitative estimate of drug-likeness (QED) is 0.541. The highest BCUT2D eigenvalue weighted by atomic mass is 16.6. The third-order valence-electron chi connectivity index (χ3n) is 1.68. The van der Waals surface area contributed by atoms with Gasteiger partial charge >= 0.3 is 5.97 Å². The van der Waals surface area contributed by atoms with Crippen molar-refractivity contribution in [3.63, 3.8) is 0 Å². The van der Waals surface area contributed by atoms with Crippen LogP contribution in [0.25, 0.3) is 0 Å². The second-order valence-corrected chi connectivity index (χ2v) is 4.33. The monoisotopic (exact) mass is 155 g/mol. The minimum Gasteiger partial charge on any atom is -0.460 e. The van der Waals surface area contributed by atoms with Crippen LogP contribution in [0.1, 0.15) is 34.1 Å². The molecule has 1 fully saturated rings. The van der Waals surface area contributed by atoms with Crippen molar-refractivity contribution in [3.05, 3.63) is 6.42 Å². The van der Waals surface area contributed by atoms with Crippen molar-refractivity contribution >= 4 is 5.97 Å². The highest BCUT2D eigenvalue weighted by Crippen LogP contribution is 2.45. The fourth-order valence-electron chi connectivity index (χ4n) is 0.714. The molecule has 0 aromatic heterocycles. The number of esters is 1. The highest BCUT2D eigenvalue weighted by molar-refractivity contribution is 5.82. The molecular weight excluding hydrogens is 140 g/mol. The summed E-state index contributed by atoms with van der Waals surface area (Å²) in [7, 11) is 0. The standard InChI is InChI=1S/C9H15O2/c1-8(2,3)11-7(10)9(4)5-6-9/h5H,6H2,1-4H3. The van der Waals surface area contributed by atoms with Gasteiger partial charge in [-0.2, -0.15) is 0 Å². The topological polar surface area (TPSA) is 26.3 Å². The zero-order valence-corrected chi connectivity index (χ0v) is 7.60. The van der Waals surface area contributed by atoms with Crippen molar-refractivity contribution in [2.75, 3.05) is 0 Å². The summed E-state index contributed by atoms with van der Waals surface area (Å²) in [5.41, 5.74) is -0.621. The van der Waals surface area contributed by atoms with Crippen LogP contribution < -0.4 is 0 Å². The van der Waals surface area contributed by atoms with Gasteiger partial charge in [0.25, 0.3) is 0 Å². The second-order valence-electron chi connectivity index (χ2n) is 4.33. The first-order chi connectivity index (χ1) is 4.83. The number of carbonyl (C=O) groups excluding carboxylic acids is 1. The number of hydrogen-bond donors (Lipinski definition) is 0. The molecule has 0 heterocycles. The largest absolute Gasteiger partial charge is 0.460 e. The summed E-state index contributed by atoms with van der Waals surface area (Å²) in [6, 6.07) is 0. The first kappa shape index (κ1) is 8.57. The van der Waals surface area contributed by atoms with Gasteiger partial charge in [-0.15, -0.1) is 0 Å². The van der Waals surface area contributed by atoms with Crippen LogP contribution in [-0.4, -0.2) is 11.6 Å².